The Balaban J connectivity index is 2.37. The number of rotatable bonds is 3. The molecule has 1 aromatic rings. The summed E-state index contributed by atoms with van der Waals surface area (Å²) in [7, 11) is 1.68. The molecule has 4 heteroatoms. The van der Waals surface area contributed by atoms with Crippen LogP contribution in [0.2, 0.25) is 0 Å². The summed E-state index contributed by atoms with van der Waals surface area (Å²) in [6.07, 6.45) is 2.02. The lowest BCUT2D eigenvalue weighted by Crippen LogP contribution is -2.31. The van der Waals surface area contributed by atoms with Gasteiger partial charge in [-0.1, -0.05) is 30.8 Å². The Morgan fingerprint density at radius 1 is 1.41 bits per heavy atom. The molecule has 0 aromatic heterocycles. The number of methoxy groups -OCH3 is 1. The highest BCUT2D eigenvalue weighted by molar-refractivity contribution is 8.13. The van der Waals surface area contributed by atoms with Gasteiger partial charge >= 0.3 is 0 Å². The Bertz CT molecular complexity index is 416. The lowest BCUT2D eigenvalue weighted by atomic mass is 9.85. The third-order valence-electron chi connectivity index (χ3n) is 3.30. The number of benzene rings is 1. The Kier molecular flexibility index (Phi) is 3.62. The van der Waals surface area contributed by atoms with E-state index in [1.54, 1.807) is 18.9 Å². The molecular weight excluding hydrogens is 232 g/mol. The third kappa shape index (κ3) is 2.41. The van der Waals surface area contributed by atoms with Crippen molar-refractivity contribution in [2.75, 3.05) is 12.9 Å². The summed E-state index contributed by atoms with van der Waals surface area (Å²) in [5, 5.41) is 0.703. The van der Waals surface area contributed by atoms with Crippen molar-refractivity contribution in [2.24, 2.45) is 10.7 Å². The lowest BCUT2D eigenvalue weighted by Gasteiger charge is -2.32. The number of hydrogen-bond acceptors (Lipinski definition) is 4. The fourth-order valence-corrected chi connectivity index (χ4v) is 3.08. The van der Waals surface area contributed by atoms with Gasteiger partial charge in [0.1, 0.15) is 5.75 Å². The van der Waals surface area contributed by atoms with E-state index < -0.39 is 0 Å². The number of nitrogens with two attached hydrogens (primary N) is 1. The smallest absolute Gasteiger partial charge is 0.154 e. The number of amidine groups is 1. The number of aliphatic imine (C=N–C) groups is 1. The predicted octanol–water partition coefficient (Wildman–Crippen LogP) is 2.75. The maximum atomic E-state index is 5.87. The minimum atomic E-state index is -0.137. The molecule has 0 amide bonds. The third-order valence-corrected chi connectivity index (χ3v) is 4.10. The fraction of sp³-hybridized carbons (Fsp3) is 0.462. The highest BCUT2D eigenvalue weighted by atomic mass is 32.2. The van der Waals surface area contributed by atoms with Crippen molar-refractivity contribution in [3.8, 4) is 5.75 Å². The standard InChI is InChI=1S/C13H18N2OS/c1-3-13(8-9-17-12(14)15-13)10-4-6-11(16-2)7-5-10/h4-7H,3,8-9H2,1-2H3,(H2,14,15)/t13-/m1/s1. The van der Waals surface area contributed by atoms with Crippen LogP contribution >= 0.6 is 11.8 Å². The molecule has 1 aliphatic rings. The van der Waals surface area contributed by atoms with Gasteiger partial charge in [-0.05, 0) is 30.5 Å². The maximum absolute atomic E-state index is 5.87. The molecule has 3 nitrogen and oxygen atoms in total. The van der Waals surface area contributed by atoms with Crippen LogP contribution < -0.4 is 10.5 Å². The minimum absolute atomic E-state index is 0.137. The van der Waals surface area contributed by atoms with Gasteiger partial charge in [0.05, 0.1) is 12.6 Å². The SMILES string of the molecule is CC[C@]1(c2ccc(OC)cc2)CCSC(N)=N1. The quantitative estimate of drug-likeness (QED) is 0.897. The second-order valence-corrected chi connectivity index (χ2v) is 5.28. The molecule has 1 aromatic carbocycles. The molecular formula is C13H18N2OS. The van der Waals surface area contributed by atoms with E-state index in [2.05, 4.69) is 24.0 Å². The van der Waals surface area contributed by atoms with E-state index in [-0.39, 0.29) is 5.54 Å². The fourth-order valence-electron chi connectivity index (χ4n) is 2.19. The molecule has 2 N–H and O–H groups in total. The van der Waals surface area contributed by atoms with Crippen molar-refractivity contribution in [1.82, 2.24) is 0 Å². The van der Waals surface area contributed by atoms with E-state index in [0.717, 1.165) is 24.3 Å². The van der Waals surface area contributed by atoms with E-state index in [0.29, 0.717) is 5.17 Å². The first-order valence-electron chi connectivity index (χ1n) is 5.83. The molecule has 0 fully saturated rings. The highest BCUT2D eigenvalue weighted by Gasteiger charge is 2.32. The Labute approximate surface area is 106 Å². The largest absolute Gasteiger partial charge is 0.497 e. The summed E-state index contributed by atoms with van der Waals surface area (Å²) in [5.41, 5.74) is 6.96. The van der Waals surface area contributed by atoms with E-state index in [1.807, 2.05) is 12.1 Å². The van der Waals surface area contributed by atoms with Crippen LogP contribution in [0, 0.1) is 0 Å². The van der Waals surface area contributed by atoms with E-state index in [9.17, 15) is 0 Å². The molecule has 92 valence electrons. The summed E-state index contributed by atoms with van der Waals surface area (Å²) in [5.74, 6) is 1.91. The van der Waals surface area contributed by atoms with Gasteiger partial charge in [0, 0.05) is 5.75 Å². The zero-order valence-electron chi connectivity index (χ0n) is 10.3. The molecule has 0 bridgehead atoms. The molecule has 1 heterocycles. The minimum Gasteiger partial charge on any atom is -0.497 e. The van der Waals surface area contributed by atoms with Crippen LogP contribution in [-0.4, -0.2) is 18.0 Å². The monoisotopic (exact) mass is 250 g/mol. The first-order chi connectivity index (χ1) is 8.20. The predicted molar refractivity (Wildman–Crippen MR) is 73.7 cm³/mol. The molecule has 0 spiro atoms. The van der Waals surface area contributed by atoms with Crippen LogP contribution in [0.15, 0.2) is 29.3 Å². The van der Waals surface area contributed by atoms with Gasteiger partial charge in [-0.3, -0.25) is 4.99 Å². The molecule has 0 saturated carbocycles. The van der Waals surface area contributed by atoms with Crippen molar-refractivity contribution in [3.05, 3.63) is 29.8 Å². The highest BCUT2D eigenvalue weighted by Crippen LogP contribution is 2.38. The van der Waals surface area contributed by atoms with Gasteiger partial charge in [-0.2, -0.15) is 0 Å². The number of hydrogen-bond donors (Lipinski definition) is 1. The van der Waals surface area contributed by atoms with Crippen LogP contribution in [0.1, 0.15) is 25.3 Å². The zero-order valence-corrected chi connectivity index (χ0v) is 11.1. The van der Waals surface area contributed by atoms with Gasteiger partial charge in [-0.25, -0.2) is 0 Å². The molecule has 0 unspecified atom stereocenters. The van der Waals surface area contributed by atoms with E-state index in [1.165, 1.54) is 5.56 Å². The van der Waals surface area contributed by atoms with Crippen molar-refractivity contribution in [2.45, 2.75) is 25.3 Å². The topological polar surface area (TPSA) is 47.6 Å². The number of ether oxygens (including phenoxy) is 1. The van der Waals surface area contributed by atoms with E-state index in [4.69, 9.17) is 10.5 Å². The van der Waals surface area contributed by atoms with Crippen molar-refractivity contribution >= 4 is 16.9 Å². The number of nitrogens with zero attached hydrogens (tertiary/aromatic N) is 1. The summed E-state index contributed by atoms with van der Waals surface area (Å²) in [6, 6.07) is 8.16. The first-order valence-corrected chi connectivity index (χ1v) is 6.81. The van der Waals surface area contributed by atoms with Gasteiger partial charge in [0.25, 0.3) is 0 Å². The molecule has 2 rings (SSSR count). The van der Waals surface area contributed by atoms with Crippen LogP contribution in [-0.2, 0) is 5.54 Å². The molecule has 17 heavy (non-hydrogen) atoms. The normalized spacial score (nSPS) is 24.2. The summed E-state index contributed by atoms with van der Waals surface area (Å²) in [6.45, 7) is 2.16. The summed E-state index contributed by atoms with van der Waals surface area (Å²) < 4.78 is 5.18. The lowest BCUT2D eigenvalue weighted by molar-refractivity contribution is 0.406. The zero-order chi connectivity index (χ0) is 12.3. The maximum Gasteiger partial charge on any atom is 0.154 e. The van der Waals surface area contributed by atoms with Crippen LogP contribution in [0.3, 0.4) is 0 Å². The average molecular weight is 250 g/mol. The average Bonchev–Trinajstić information content (AvgIpc) is 2.38. The van der Waals surface area contributed by atoms with Crippen LogP contribution in [0.4, 0.5) is 0 Å². The Morgan fingerprint density at radius 2 is 2.12 bits per heavy atom. The van der Waals surface area contributed by atoms with Crippen molar-refractivity contribution < 1.29 is 4.74 Å². The summed E-state index contributed by atoms with van der Waals surface area (Å²) in [4.78, 5) is 4.67. The van der Waals surface area contributed by atoms with E-state index >= 15 is 0 Å². The second-order valence-electron chi connectivity index (χ2n) is 4.16. The first kappa shape index (κ1) is 12.3. The molecule has 1 aliphatic heterocycles. The Hall–Kier alpha value is -1.16. The molecule has 0 aliphatic carbocycles. The van der Waals surface area contributed by atoms with Gasteiger partial charge < -0.3 is 10.5 Å². The van der Waals surface area contributed by atoms with Gasteiger partial charge in [-0.15, -0.1) is 0 Å². The molecule has 1 atom stereocenters. The second kappa shape index (κ2) is 5.00. The molecule has 0 radical (unpaired) electrons. The summed E-state index contributed by atoms with van der Waals surface area (Å²) >= 11 is 1.64. The number of thioether (sulfide) groups is 1. The van der Waals surface area contributed by atoms with Crippen molar-refractivity contribution in [3.63, 3.8) is 0 Å². The van der Waals surface area contributed by atoms with Crippen molar-refractivity contribution in [1.29, 1.82) is 0 Å². The van der Waals surface area contributed by atoms with Gasteiger partial charge in [0.15, 0.2) is 5.17 Å². The Morgan fingerprint density at radius 3 is 2.65 bits per heavy atom. The molecule has 0 saturated heterocycles. The van der Waals surface area contributed by atoms with Crippen LogP contribution in [0.5, 0.6) is 5.75 Å². The van der Waals surface area contributed by atoms with Gasteiger partial charge in [0.2, 0.25) is 0 Å². The van der Waals surface area contributed by atoms with Crippen LogP contribution in [0.25, 0.3) is 0 Å².